The third-order valence-corrected chi connectivity index (χ3v) is 5.55. The molecule has 1 aliphatic rings. The van der Waals surface area contributed by atoms with Gasteiger partial charge in [-0.2, -0.15) is 10.4 Å². The summed E-state index contributed by atoms with van der Waals surface area (Å²) >= 11 is 0. The highest BCUT2D eigenvalue weighted by molar-refractivity contribution is 5.65. The minimum atomic E-state index is 0.285. The molecule has 0 radical (unpaired) electrons. The fraction of sp³-hybridized carbons (Fsp3) is 0.364. The lowest BCUT2D eigenvalue weighted by atomic mass is 9.88. The first-order chi connectivity index (χ1) is 14.1. The molecule has 0 saturated carbocycles. The highest BCUT2D eigenvalue weighted by Gasteiger charge is 2.22. The van der Waals surface area contributed by atoms with Crippen LogP contribution < -0.4 is 5.32 Å². The number of rotatable bonds is 5. The molecule has 1 aromatic carbocycles. The summed E-state index contributed by atoms with van der Waals surface area (Å²) in [5.74, 6) is 1.85. The van der Waals surface area contributed by atoms with Crippen molar-refractivity contribution in [3.05, 3.63) is 54.0 Å². The minimum absolute atomic E-state index is 0.285. The molecule has 7 heteroatoms. The standard InChI is InChI=1S/C22H25N7/c1-15(2)29-9-7-17(8-10-29)16-3-5-18(6-4-16)20-11-21(28-27-20)26-22-14-24-19(12-23)13-25-22/h3-6,11,13-15,17H,7-10H2,1-2H3,(H2,25,26,27,28). The van der Waals surface area contributed by atoms with Crippen molar-refractivity contribution in [2.45, 2.75) is 38.6 Å². The smallest absolute Gasteiger partial charge is 0.158 e. The molecule has 7 nitrogen and oxygen atoms in total. The first-order valence-electron chi connectivity index (χ1n) is 10.0. The van der Waals surface area contributed by atoms with Gasteiger partial charge in [-0.3, -0.25) is 5.10 Å². The zero-order chi connectivity index (χ0) is 20.2. The first kappa shape index (κ1) is 19.1. The lowest BCUT2D eigenvalue weighted by molar-refractivity contribution is 0.172. The van der Waals surface area contributed by atoms with Gasteiger partial charge in [0.1, 0.15) is 11.9 Å². The molecule has 1 fully saturated rings. The molecule has 1 aliphatic heterocycles. The van der Waals surface area contributed by atoms with Gasteiger partial charge in [-0.1, -0.05) is 24.3 Å². The number of hydrogen-bond acceptors (Lipinski definition) is 6. The number of anilines is 2. The van der Waals surface area contributed by atoms with Crippen LogP contribution in [0.4, 0.5) is 11.6 Å². The van der Waals surface area contributed by atoms with Gasteiger partial charge in [0.15, 0.2) is 11.5 Å². The van der Waals surface area contributed by atoms with Crippen LogP contribution in [0.15, 0.2) is 42.7 Å². The van der Waals surface area contributed by atoms with Crippen LogP contribution in [0.2, 0.25) is 0 Å². The average molecular weight is 387 g/mol. The molecule has 0 bridgehead atoms. The van der Waals surface area contributed by atoms with Gasteiger partial charge in [-0.05, 0) is 56.8 Å². The summed E-state index contributed by atoms with van der Waals surface area (Å²) in [6.07, 6.45) is 5.40. The van der Waals surface area contributed by atoms with Crippen molar-refractivity contribution < 1.29 is 0 Å². The van der Waals surface area contributed by atoms with Crippen LogP contribution in [0, 0.1) is 11.3 Å². The number of hydrogen-bond donors (Lipinski definition) is 2. The lowest BCUT2D eigenvalue weighted by Crippen LogP contribution is -2.37. The molecule has 3 heterocycles. The van der Waals surface area contributed by atoms with Gasteiger partial charge < -0.3 is 10.2 Å². The second-order valence-corrected chi connectivity index (χ2v) is 7.72. The van der Waals surface area contributed by atoms with Gasteiger partial charge in [-0.25, -0.2) is 9.97 Å². The van der Waals surface area contributed by atoms with E-state index in [9.17, 15) is 0 Å². The van der Waals surface area contributed by atoms with Crippen LogP contribution in [-0.2, 0) is 0 Å². The van der Waals surface area contributed by atoms with Crippen LogP contribution in [0.3, 0.4) is 0 Å². The number of piperidine rings is 1. The van der Waals surface area contributed by atoms with Crippen LogP contribution in [0.5, 0.6) is 0 Å². The number of likely N-dealkylation sites (tertiary alicyclic amines) is 1. The van der Waals surface area contributed by atoms with E-state index in [0.717, 1.165) is 11.3 Å². The summed E-state index contributed by atoms with van der Waals surface area (Å²) in [6.45, 7) is 6.91. The third kappa shape index (κ3) is 4.44. The molecule has 148 valence electrons. The van der Waals surface area contributed by atoms with Gasteiger partial charge in [0, 0.05) is 12.1 Å². The fourth-order valence-electron chi connectivity index (χ4n) is 3.80. The van der Waals surface area contributed by atoms with Crippen LogP contribution >= 0.6 is 0 Å². The highest BCUT2D eigenvalue weighted by atomic mass is 15.2. The fourth-order valence-corrected chi connectivity index (χ4v) is 3.80. The Morgan fingerprint density at radius 2 is 1.86 bits per heavy atom. The Balaban J connectivity index is 1.40. The van der Waals surface area contributed by atoms with Crippen molar-refractivity contribution in [1.29, 1.82) is 5.26 Å². The summed E-state index contributed by atoms with van der Waals surface area (Å²) in [4.78, 5) is 10.7. The summed E-state index contributed by atoms with van der Waals surface area (Å²) in [5, 5.41) is 19.2. The van der Waals surface area contributed by atoms with Crippen molar-refractivity contribution in [3.8, 4) is 17.3 Å². The third-order valence-electron chi connectivity index (χ3n) is 5.55. The highest BCUT2D eigenvalue weighted by Crippen LogP contribution is 2.30. The zero-order valence-corrected chi connectivity index (χ0v) is 16.8. The quantitative estimate of drug-likeness (QED) is 0.685. The Morgan fingerprint density at radius 3 is 2.48 bits per heavy atom. The van der Waals surface area contributed by atoms with Gasteiger partial charge in [0.25, 0.3) is 0 Å². The number of H-pyrrole nitrogens is 1. The van der Waals surface area contributed by atoms with Crippen LogP contribution in [0.25, 0.3) is 11.3 Å². The number of aromatic amines is 1. The Hall–Kier alpha value is -3.24. The molecule has 3 aromatic rings. The van der Waals surface area contributed by atoms with Crippen molar-refractivity contribution in [2.75, 3.05) is 18.4 Å². The summed E-state index contributed by atoms with van der Waals surface area (Å²) in [5.41, 5.74) is 3.74. The van der Waals surface area contributed by atoms with Crippen LogP contribution in [0.1, 0.15) is 43.9 Å². The summed E-state index contributed by atoms with van der Waals surface area (Å²) < 4.78 is 0. The zero-order valence-electron chi connectivity index (χ0n) is 16.8. The molecule has 0 amide bonds. The van der Waals surface area contributed by atoms with Gasteiger partial charge >= 0.3 is 0 Å². The molecule has 29 heavy (non-hydrogen) atoms. The van der Waals surface area contributed by atoms with Crippen molar-refractivity contribution in [3.63, 3.8) is 0 Å². The molecular weight excluding hydrogens is 362 g/mol. The van der Waals surface area contributed by atoms with E-state index in [4.69, 9.17) is 5.26 Å². The van der Waals surface area contributed by atoms with Crippen molar-refractivity contribution in [1.82, 2.24) is 25.1 Å². The Morgan fingerprint density at radius 1 is 1.10 bits per heavy atom. The predicted octanol–water partition coefficient (Wildman–Crippen LogP) is 4.07. The number of nitrogens with zero attached hydrogens (tertiary/aromatic N) is 5. The molecule has 0 atom stereocenters. The monoisotopic (exact) mass is 387 g/mol. The molecule has 4 rings (SSSR count). The minimum Gasteiger partial charge on any atom is -0.322 e. The Bertz CT molecular complexity index is 975. The molecule has 0 unspecified atom stereocenters. The Labute approximate surface area is 170 Å². The maximum Gasteiger partial charge on any atom is 0.158 e. The molecule has 0 spiro atoms. The number of benzene rings is 1. The number of nitriles is 1. The molecule has 2 aromatic heterocycles. The van der Waals surface area contributed by atoms with E-state index in [0.29, 0.717) is 23.6 Å². The van der Waals surface area contributed by atoms with Gasteiger partial charge in [-0.15, -0.1) is 0 Å². The van der Waals surface area contributed by atoms with Crippen molar-refractivity contribution >= 4 is 11.6 Å². The van der Waals surface area contributed by atoms with Crippen LogP contribution in [-0.4, -0.2) is 44.2 Å². The molecular formula is C22H25N7. The molecule has 0 aliphatic carbocycles. The Kier molecular flexibility index (Phi) is 5.54. The normalized spacial score (nSPS) is 15.4. The summed E-state index contributed by atoms with van der Waals surface area (Å²) in [6, 6.07) is 13.3. The van der Waals surface area contributed by atoms with E-state index >= 15 is 0 Å². The average Bonchev–Trinajstić information content (AvgIpc) is 3.23. The van der Waals surface area contributed by atoms with E-state index in [2.05, 4.69) is 68.5 Å². The molecule has 1 saturated heterocycles. The number of aromatic nitrogens is 4. The van der Waals surface area contributed by atoms with E-state index < -0.39 is 0 Å². The van der Waals surface area contributed by atoms with Gasteiger partial charge in [0.2, 0.25) is 0 Å². The number of nitrogens with one attached hydrogen (secondary N) is 2. The molecule has 2 N–H and O–H groups in total. The second-order valence-electron chi connectivity index (χ2n) is 7.72. The van der Waals surface area contributed by atoms with Gasteiger partial charge in [0.05, 0.1) is 18.1 Å². The SMILES string of the molecule is CC(C)N1CCC(c2ccc(-c3cc(Nc4cnc(C#N)cn4)n[nH]3)cc2)CC1. The first-order valence-corrected chi connectivity index (χ1v) is 10.0. The van der Waals surface area contributed by atoms with E-state index in [-0.39, 0.29) is 5.69 Å². The van der Waals surface area contributed by atoms with E-state index in [1.165, 1.54) is 43.9 Å². The van der Waals surface area contributed by atoms with E-state index in [1.807, 2.05) is 12.1 Å². The second kappa shape index (κ2) is 8.41. The maximum absolute atomic E-state index is 8.79. The van der Waals surface area contributed by atoms with E-state index in [1.54, 1.807) is 0 Å². The lowest BCUT2D eigenvalue weighted by Gasteiger charge is -2.34. The predicted molar refractivity (Wildman–Crippen MR) is 113 cm³/mol. The maximum atomic E-state index is 8.79. The summed E-state index contributed by atoms with van der Waals surface area (Å²) in [7, 11) is 0. The topological polar surface area (TPSA) is 93.5 Å². The largest absolute Gasteiger partial charge is 0.322 e. The van der Waals surface area contributed by atoms with Crippen molar-refractivity contribution in [2.24, 2.45) is 0 Å².